The zero-order valence-electron chi connectivity index (χ0n) is 17.1. The zero-order chi connectivity index (χ0) is 23.8. The molecule has 0 radical (unpaired) electrons. The molecule has 2 aromatic carbocycles. The third-order valence-electron chi connectivity index (χ3n) is 5.32. The number of para-hydroxylation sites is 1. The highest BCUT2D eigenvalue weighted by Crippen LogP contribution is 2.37. The maximum atomic E-state index is 13.5. The summed E-state index contributed by atoms with van der Waals surface area (Å²) < 4.78 is 53.4. The Balaban J connectivity index is 1.35. The summed E-state index contributed by atoms with van der Waals surface area (Å²) >= 11 is 7.46. The molecule has 1 N–H and O–H groups in total. The molecule has 2 heterocycles. The number of fused-ring (bicyclic) bond motifs is 1. The maximum Gasteiger partial charge on any atom is 0.418 e. The lowest BCUT2D eigenvalue weighted by molar-refractivity contribution is -0.137. The van der Waals surface area contributed by atoms with Crippen molar-refractivity contribution in [2.75, 3.05) is 38.0 Å². The van der Waals surface area contributed by atoms with Gasteiger partial charge in [0.2, 0.25) is 5.91 Å². The molecule has 0 saturated carbocycles. The van der Waals surface area contributed by atoms with Gasteiger partial charge in [0.05, 0.1) is 22.8 Å². The first-order chi connectivity index (χ1) is 15.6. The molecule has 0 aliphatic carbocycles. The van der Waals surface area contributed by atoms with Gasteiger partial charge in [-0.05, 0) is 30.3 Å². The van der Waals surface area contributed by atoms with Crippen LogP contribution < -0.4 is 5.32 Å². The Morgan fingerprint density at radius 2 is 1.76 bits per heavy atom. The van der Waals surface area contributed by atoms with Gasteiger partial charge in [-0.1, -0.05) is 23.7 Å². The average Bonchev–Trinajstić information content (AvgIpc) is 3.09. The second kappa shape index (κ2) is 9.28. The van der Waals surface area contributed by atoms with Gasteiger partial charge < -0.3 is 10.2 Å². The standard InChI is InChI=1S/C22H18ClF4N3O2S/c23-19-14-6-5-13(24)11-17(14)33-20(19)21(32)30-9-7-29(8-10-30)12-18(31)28-16-4-2-1-3-15(16)22(25,26)27/h1-6,11H,7-10,12H2,(H,28,31). The van der Waals surface area contributed by atoms with E-state index in [0.29, 0.717) is 41.1 Å². The van der Waals surface area contributed by atoms with Crippen LogP contribution in [0.15, 0.2) is 42.5 Å². The van der Waals surface area contributed by atoms with Gasteiger partial charge in [0.25, 0.3) is 5.91 Å². The molecule has 0 spiro atoms. The van der Waals surface area contributed by atoms with Crippen molar-refractivity contribution in [2.24, 2.45) is 0 Å². The summed E-state index contributed by atoms with van der Waals surface area (Å²) in [4.78, 5) is 28.9. The number of hydrogen-bond donors (Lipinski definition) is 1. The number of benzene rings is 2. The first-order valence-corrected chi connectivity index (χ1v) is 11.2. The third-order valence-corrected chi connectivity index (χ3v) is 6.96. The van der Waals surface area contributed by atoms with Crippen LogP contribution in [-0.2, 0) is 11.0 Å². The fourth-order valence-electron chi connectivity index (χ4n) is 3.66. The summed E-state index contributed by atoms with van der Waals surface area (Å²) in [5.74, 6) is -1.25. The molecule has 0 atom stereocenters. The van der Waals surface area contributed by atoms with Crippen LogP contribution in [0.2, 0.25) is 5.02 Å². The molecule has 1 fully saturated rings. The number of hydrogen-bond acceptors (Lipinski definition) is 4. The number of rotatable bonds is 4. The van der Waals surface area contributed by atoms with Gasteiger partial charge >= 0.3 is 6.18 Å². The van der Waals surface area contributed by atoms with E-state index in [0.717, 1.165) is 17.4 Å². The van der Waals surface area contributed by atoms with Gasteiger partial charge in [0.15, 0.2) is 0 Å². The highest BCUT2D eigenvalue weighted by atomic mass is 35.5. The molecule has 33 heavy (non-hydrogen) atoms. The molecule has 1 aliphatic rings. The minimum atomic E-state index is -4.57. The SMILES string of the molecule is O=C(CN1CCN(C(=O)c2sc3cc(F)ccc3c2Cl)CC1)Nc1ccccc1C(F)(F)F. The van der Waals surface area contributed by atoms with Crippen molar-refractivity contribution in [1.29, 1.82) is 0 Å². The van der Waals surface area contributed by atoms with Gasteiger partial charge in [-0.15, -0.1) is 11.3 Å². The van der Waals surface area contributed by atoms with Gasteiger partial charge in [-0.3, -0.25) is 14.5 Å². The second-order valence-corrected chi connectivity index (χ2v) is 8.98. The monoisotopic (exact) mass is 499 g/mol. The summed E-state index contributed by atoms with van der Waals surface area (Å²) in [6.07, 6.45) is -4.57. The van der Waals surface area contributed by atoms with Crippen molar-refractivity contribution in [2.45, 2.75) is 6.18 Å². The molecule has 5 nitrogen and oxygen atoms in total. The molecular formula is C22H18ClF4N3O2S. The van der Waals surface area contributed by atoms with Crippen molar-refractivity contribution >= 4 is 50.5 Å². The highest BCUT2D eigenvalue weighted by Gasteiger charge is 2.34. The fourth-order valence-corrected chi connectivity index (χ4v) is 5.17. The molecule has 4 rings (SSSR count). The number of thiophene rings is 1. The van der Waals surface area contributed by atoms with E-state index in [1.165, 1.54) is 36.4 Å². The number of nitrogens with one attached hydrogen (secondary N) is 1. The zero-order valence-corrected chi connectivity index (χ0v) is 18.7. The summed E-state index contributed by atoms with van der Waals surface area (Å²) in [5, 5.41) is 3.22. The number of nitrogens with zero attached hydrogens (tertiary/aromatic N) is 2. The molecule has 0 unspecified atom stereocenters. The van der Waals surface area contributed by atoms with Crippen molar-refractivity contribution in [1.82, 2.24) is 9.80 Å². The number of amides is 2. The Hall–Kier alpha value is -2.69. The molecule has 11 heteroatoms. The summed E-state index contributed by atoms with van der Waals surface area (Å²) in [5.41, 5.74) is -1.20. The van der Waals surface area contributed by atoms with Crippen LogP contribution in [0.4, 0.5) is 23.2 Å². The Bertz CT molecular complexity index is 1210. The Labute approximate surface area is 195 Å². The summed E-state index contributed by atoms with van der Waals surface area (Å²) in [7, 11) is 0. The van der Waals surface area contributed by atoms with Crippen LogP contribution in [0.3, 0.4) is 0 Å². The van der Waals surface area contributed by atoms with Crippen LogP contribution in [0.1, 0.15) is 15.2 Å². The summed E-state index contributed by atoms with van der Waals surface area (Å²) in [6.45, 7) is 1.29. The predicted molar refractivity (Wildman–Crippen MR) is 119 cm³/mol. The second-order valence-electron chi connectivity index (χ2n) is 7.55. The van der Waals surface area contributed by atoms with Crippen LogP contribution in [0.5, 0.6) is 0 Å². The lowest BCUT2D eigenvalue weighted by Crippen LogP contribution is -2.50. The van der Waals surface area contributed by atoms with E-state index in [1.54, 1.807) is 9.80 Å². The van der Waals surface area contributed by atoms with Gasteiger partial charge in [-0.2, -0.15) is 13.2 Å². The fraction of sp³-hybridized carbons (Fsp3) is 0.273. The molecule has 2 amide bonds. The van der Waals surface area contributed by atoms with E-state index in [9.17, 15) is 27.2 Å². The summed E-state index contributed by atoms with van der Waals surface area (Å²) in [6, 6.07) is 8.94. The lowest BCUT2D eigenvalue weighted by Gasteiger charge is -2.34. The molecular weight excluding hydrogens is 482 g/mol. The predicted octanol–water partition coefficient (Wildman–Crippen LogP) is 5.11. The van der Waals surface area contributed by atoms with Crippen LogP contribution in [0.25, 0.3) is 10.1 Å². The quantitative estimate of drug-likeness (QED) is 0.508. The molecule has 174 valence electrons. The van der Waals surface area contributed by atoms with Crippen LogP contribution in [0, 0.1) is 5.82 Å². The Morgan fingerprint density at radius 3 is 2.45 bits per heavy atom. The van der Waals surface area contributed by atoms with E-state index in [1.807, 2.05) is 0 Å². The number of halogens is 5. The van der Waals surface area contributed by atoms with Crippen LogP contribution in [-0.4, -0.2) is 54.3 Å². The molecule has 3 aromatic rings. The minimum Gasteiger partial charge on any atom is -0.335 e. The average molecular weight is 500 g/mol. The van der Waals surface area contributed by atoms with Crippen molar-refractivity contribution in [3.63, 3.8) is 0 Å². The smallest absolute Gasteiger partial charge is 0.335 e. The number of piperazine rings is 1. The van der Waals surface area contributed by atoms with E-state index in [2.05, 4.69) is 5.32 Å². The lowest BCUT2D eigenvalue weighted by atomic mass is 10.1. The highest BCUT2D eigenvalue weighted by molar-refractivity contribution is 7.21. The number of anilines is 1. The van der Waals surface area contributed by atoms with E-state index >= 15 is 0 Å². The Morgan fingerprint density at radius 1 is 1.06 bits per heavy atom. The number of carbonyl (C=O) groups excluding carboxylic acids is 2. The third kappa shape index (κ3) is 5.13. The van der Waals surface area contributed by atoms with Gasteiger partial charge in [0, 0.05) is 36.3 Å². The van der Waals surface area contributed by atoms with E-state index in [4.69, 9.17) is 11.6 Å². The van der Waals surface area contributed by atoms with Crippen molar-refractivity contribution in [3.05, 3.63) is 63.7 Å². The number of alkyl halides is 3. The first kappa shape index (κ1) is 23.5. The molecule has 1 aromatic heterocycles. The topological polar surface area (TPSA) is 52.7 Å². The van der Waals surface area contributed by atoms with Crippen LogP contribution >= 0.6 is 22.9 Å². The number of carbonyl (C=O) groups is 2. The van der Waals surface area contributed by atoms with Crippen molar-refractivity contribution in [3.8, 4) is 0 Å². The molecule has 1 saturated heterocycles. The Kier molecular flexibility index (Phi) is 6.60. The van der Waals surface area contributed by atoms with Crippen molar-refractivity contribution < 1.29 is 27.2 Å². The van der Waals surface area contributed by atoms with Gasteiger partial charge in [-0.25, -0.2) is 4.39 Å². The molecule has 0 bridgehead atoms. The maximum absolute atomic E-state index is 13.5. The largest absolute Gasteiger partial charge is 0.418 e. The van der Waals surface area contributed by atoms with Gasteiger partial charge in [0.1, 0.15) is 10.7 Å². The minimum absolute atomic E-state index is 0.100. The van der Waals surface area contributed by atoms with E-state index in [-0.39, 0.29) is 23.2 Å². The normalized spacial score (nSPS) is 15.1. The van der Waals surface area contributed by atoms with E-state index < -0.39 is 23.5 Å². The first-order valence-electron chi connectivity index (χ1n) is 9.99. The molecule has 1 aliphatic heterocycles.